The first-order chi connectivity index (χ1) is 10.6. The van der Waals surface area contributed by atoms with Gasteiger partial charge in [-0.2, -0.15) is 0 Å². The van der Waals surface area contributed by atoms with Crippen molar-refractivity contribution in [1.82, 2.24) is 19.8 Å². The molecule has 0 aromatic carbocycles. The van der Waals surface area contributed by atoms with Crippen LogP contribution in [0.4, 0.5) is 5.82 Å². The molecule has 2 fully saturated rings. The molecular weight excluding hydrogens is 282 g/mol. The van der Waals surface area contributed by atoms with E-state index in [4.69, 9.17) is 0 Å². The van der Waals surface area contributed by atoms with E-state index in [1.54, 1.807) is 22.8 Å². The maximum absolute atomic E-state index is 12.6. The quantitative estimate of drug-likeness (QED) is 0.790. The third-order valence-electron chi connectivity index (χ3n) is 4.31. The van der Waals surface area contributed by atoms with Crippen molar-refractivity contribution in [2.75, 3.05) is 44.2 Å². The molecule has 7 heteroatoms. The number of amides is 2. The number of hydrogen-bond acceptors (Lipinski definition) is 5. The number of hydrogen-bond donors (Lipinski definition) is 0. The molecule has 22 heavy (non-hydrogen) atoms. The second-order valence-corrected chi connectivity index (χ2v) is 5.75. The predicted molar refractivity (Wildman–Crippen MR) is 81.6 cm³/mol. The van der Waals surface area contributed by atoms with Crippen molar-refractivity contribution in [3.8, 4) is 0 Å². The molecular formula is C15H21N5O2. The lowest BCUT2D eigenvalue weighted by atomic mass is 10.2. The fourth-order valence-corrected chi connectivity index (χ4v) is 2.97. The van der Waals surface area contributed by atoms with Crippen LogP contribution in [0.1, 0.15) is 30.3 Å². The third-order valence-corrected chi connectivity index (χ3v) is 4.31. The molecule has 2 aliphatic rings. The monoisotopic (exact) mass is 303 g/mol. The Balaban J connectivity index is 1.67. The minimum Gasteiger partial charge on any atom is -0.357 e. The van der Waals surface area contributed by atoms with Gasteiger partial charge in [-0.25, -0.2) is 9.97 Å². The summed E-state index contributed by atoms with van der Waals surface area (Å²) in [5.74, 6) is 0.815. The minimum atomic E-state index is -0.0777. The number of carbonyl (C=O) groups excluding carboxylic acids is 2. The molecule has 0 unspecified atom stereocenters. The van der Waals surface area contributed by atoms with Gasteiger partial charge in [0.1, 0.15) is 17.8 Å². The SMILES string of the molecule is CC(=O)N1CCN(C(=O)c2cc(N3CCCC3)ncn2)CC1. The van der Waals surface area contributed by atoms with Crippen LogP contribution in [-0.2, 0) is 4.79 Å². The van der Waals surface area contributed by atoms with Crippen molar-refractivity contribution in [2.24, 2.45) is 0 Å². The summed E-state index contributed by atoms with van der Waals surface area (Å²) < 4.78 is 0. The predicted octanol–water partition coefficient (Wildman–Crippen LogP) is 0.381. The molecule has 0 aliphatic carbocycles. The topological polar surface area (TPSA) is 69.6 Å². The largest absolute Gasteiger partial charge is 0.357 e. The van der Waals surface area contributed by atoms with Crippen molar-refractivity contribution in [2.45, 2.75) is 19.8 Å². The molecule has 3 rings (SSSR count). The first kappa shape index (κ1) is 14.7. The van der Waals surface area contributed by atoms with Crippen LogP contribution in [0.15, 0.2) is 12.4 Å². The van der Waals surface area contributed by atoms with E-state index in [9.17, 15) is 9.59 Å². The van der Waals surface area contributed by atoms with Crippen LogP contribution in [-0.4, -0.2) is 70.9 Å². The molecule has 0 radical (unpaired) electrons. The van der Waals surface area contributed by atoms with Gasteiger partial charge in [0.25, 0.3) is 5.91 Å². The highest BCUT2D eigenvalue weighted by Crippen LogP contribution is 2.18. The van der Waals surface area contributed by atoms with Gasteiger partial charge in [-0.1, -0.05) is 0 Å². The van der Waals surface area contributed by atoms with E-state index < -0.39 is 0 Å². The second-order valence-electron chi connectivity index (χ2n) is 5.75. The third kappa shape index (κ3) is 3.03. The highest BCUT2D eigenvalue weighted by molar-refractivity contribution is 5.93. The lowest BCUT2D eigenvalue weighted by Crippen LogP contribution is -2.50. The molecule has 0 spiro atoms. The van der Waals surface area contributed by atoms with E-state index in [-0.39, 0.29) is 11.8 Å². The maximum Gasteiger partial charge on any atom is 0.272 e. The number of piperazine rings is 1. The summed E-state index contributed by atoms with van der Waals surface area (Å²) in [7, 11) is 0. The van der Waals surface area contributed by atoms with Gasteiger partial charge in [-0.15, -0.1) is 0 Å². The smallest absolute Gasteiger partial charge is 0.272 e. The van der Waals surface area contributed by atoms with Crippen molar-refractivity contribution in [1.29, 1.82) is 0 Å². The summed E-state index contributed by atoms with van der Waals surface area (Å²) in [5, 5.41) is 0. The standard InChI is InChI=1S/C15H21N5O2/c1-12(21)18-6-8-20(9-7-18)15(22)13-10-14(17-11-16-13)19-4-2-3-5-19/h10-11H,2-9H2,1H3. The Hall–Kier alpha value is -2.18. The summed E-state index contributed by atoms with van der Waals surface area (Å²) in [5.41, 5.74) is 0.438. The van der Waals surface area contributed by atoms with Crippen LogP contribution in [0, 0.1) is 0 Å². The minimum absolute atomic E-state index is 0.0606. The van der Waals surface area contributed by atoms with Crippen molar-refractivity contribution >= 4 is 17.6 Å². The fourth-order valence-electron chi connectivity index (χ4n) is 2.97. The molecule has 0 atom stereocenters. The zero-order valence-electron chi connectivity index (χ0n) is 12.9. The molecule has 1 aromatic heterocycles. The Kier molecular flexibility index (Phi) is 4.22. The van der Waals surface area contributed by atoms with Crippen molar-refractivity contribution in [3.63, 3.8) is 0 Å². The van der Waals surface area contributed by atoms with Gasteiger partial charge in [-0.05, 0) is 12.8 Å². The molecule has 0 bridgehead atoms. The van der Waals surface area contributed by atoms with Gasteiger partial charge < -0.3 is 14.7 Å². The molecule has 3 heterocycles. The van der Waals surface area contributed by atoms with E-state index in [0.717, 1.165) is 18.9 Å². The summed E-state index contributed by atoms with van der Waals surface area (Å²) in [4.78, 5) is 38.0. The van der Waals surface area contributed by atoms with E-state index in [2.05, 4.69) is 14.9 Å². The average Bonchev–Trinajstić information content (AvgIpc) is 3.09. The van der Waals surface area contributed by atoms with Gasteiger partial charge in [0.05, 0.1) is 0 Å². The zero-order valence-corrected chi connectivity index (χ0v) is 12.9. The van der Waals surface area contributed by atoms with Crippen LogP contribution >= 0.6 is 0 Å². The van der Waals surface area contributed by atoms with Gasteiger partial charge in [0.15, 0.2) is 0 Å². The van der Waals surface area contributed by atoms with E-state index in [1.165, 1.54) is 19.2 Å². The molecule has 7 nitrogen and oxygen atoms in total. The molecule has 0 N–H and O–H groups in total. The Labute approximate surface area is 129 Å². The highest BCUT2D eigenvalue weighted by Gasteiger charge is 2.25. The van der Waals surface area contributed by atoms with Gasteiger partial charge in [0, 0.05) is 52.3 Å². The van der Waals surface area contributed by atoms with Crippen molar-refractivity contribution < 1.29 is 9.59 Å². The van der Waals surface area contributed by atoms with Crippen LogP contribution in [0.25, 0.3) is 0 Å². The van der Waals surface area contributed by atoms with Crippen LogP contribution in [0.2, 0.25) is 0 Å². The number of anilines is 1. The summed E-state index contributed by atoms with van der Waals surface area (Å²) in [6.07, 6.45) is 3.80. The average molecular weight is 303 g/mol. The maximum atomic E-state index is 12.6. The van der Waals surface area contributed by atoms with Gasteiger partial charge in [0.2, 0.25) is 5.91 Å². The fraction of sp³-hybridized carbons (Fsp3) is 0.600. The first-order valence-electron chi connectivity index (χ1n) is 7.77. The molecule has 118 valence electrons. The Morgan fingerprint density at radius 3 is 2.23 bits per heavy atom. The number of carbonyl (C=O) groups is 2. The van der Waals surface area contributed by atoms with E-state index in [0.29, 0.717) is 31.9 Å². The van der Waals surface area contributed by atoms with E-state index >= 15 is 0 Å². The lowest BCUT2D eigenvalue weighted by molar-refractivity contribution is -0.130. The van der Waals surface area contributed by atoms with Gasteiger partial charge in [-0.3, -0.25) is 9.59 Å². The zero-order chi connectivity index (χ0) is 15.5. The number of aromatic nitrogens is 2. The second kappa shape index (κ2) is 6.29. The highest BCUT2D eigenvalue weighted by atomic mass is 16.2. The number of rotatable bonds is 2. The molecule has 2 saturated heterocycles. The van der Waals surface area contributed by atoms with Crippen LogP contribution in [0.5, 0.6) is 0 Å². The summed E-state index contributed by atoms with van der Waals surface area (Å²) in [6.45, 7) is 5.83. The Bertz CT molecular complexity index is 563. The molecule has 1 aromatic rings. The Morgan fingerprint density at radius 2 is 1.59 bits per heavy atom. The van der Waals surface area contributed by atoms with Crippen LogP contribution < -0.4 is 4.90 Å². The van der Waals surface area contributed by atoms with Gasteiger partial charge >= 0.3 is 0 Å². The van der Waals surface area contributed by atoms with Crippen LogP contribution in [0.3, 0.4) is 0 Å². The first-order valence-corrected chi connectivity index (χ1v) is 7.77. The molecule has 2 aliphatic heterocycles. The normalized spacial score (nSPS) is 18.7. The molecule has 2 amide bonds. The van der Waals surface area contributed by atoms with Crippen molar-refractivity contribution in [3.05, 3.63) is 18.1 Å². The van der Waals surface area contributed by atoms with E-state index in [1.807, 2.05) is 0 Å². The Morgan fingerprint density at radius 1 is 0.955 bits per heavy atom. The summed E-state index contributed by atoms with van der Waals surface area (Å²) in [6, 6.07) is 1.78. The molecule has 0 saturated carbocycles. The lowest BCUT2D eigenvalue weighted by Gasteiger charge is -2.34. The number of nitrogens with zero attached hydrogens (tertiary/aromatic N) is 5. The summed E-state index contributed by atoms with van der Waals surface area (Å²) >= 11 is 0.